The van der Waals surface area contributed by atoms with Crippen LogP contribution >= 0.6 is 11.6 Å². The standard InChI is InChI=1S/C12H15ClN2O2/c1-7(8-3-2-4-8)14-11-9(12(16)17)5-6-10(13)15-11/h5-8H,2-4H2,1H3,(H,14,15)(H,16,17). The van der Waals surface area contributed by atoms with Gasteiger partial charge in [0.2, 0.25) is 0 Å². The first kappa shape index (κ1) is 12.2. The van der Waals surface area contributed by atoms with Gasteiger partial charge < -0.3 is 10.4 Å². The molecule has 1 fully saturated rings. The predicted molar refractivity (Wildman–Crippen MR) is 66.6 cm³/mol. The molecule has 2 rings (SSSR count). The Balaban J connectivity index is 2.17. The fraction of sp³-hybridized carbons (Fsp3) is 0.500. The number of carbonyl (C=O) groups is 1. The summed E-state index contributed by atoms with van der Waals surface area (Å²) in [5, 5.41) is 12.5. The van der Waals surface area contributed by atoms with E-state index in [0.29, 0.717) is 16.9 Å². The average molecular weight is 255 g/mol. The number of carboxylic acids is 1. The normalized spacial score (nSPS) is 17.3. The van der Waals surface area contributed by atoms with E-state index in [1.165, 1.54) is 31.4 Å². The first-order valence-corrected chi connectivity index (χ1v) is 6.12. The van der Waals surface area contributed by atoms with Crippen molar-refractivity contribution in [2.75, 3.05) is 5.32 Å². The first-order chi connectivity index (χ1) is 8.08. The van der Waals surface area contributed by atoms with Crippen LogP contribution in [0.1, 0.15) is 36.5 Å². The number of pyridine rings is 1. The van der Waals surface area contributed by atoms with E-state index in [1.807, 2.05) is 0 Å². The SMILES string of the molecule is CC(Nc1nc(Cl)ccc1C(=O)O)C1CCC1. The molecule has 0 spiro atoms. The molecule has 0 radical (unpaired) electrons. The first-order valence-electron chi connectivity index (χ1n) is 5.74. The van der Waals surface area contributed by atoms with Crippen LogP contribution in [-0.2, 0) is 0 Å². The second-order valence-corrected chi connectivity index (χ2v) is 4.85. The Morgan fingerprint density at radius 2 is 2.29 bits per heavy atom. The molecule has 1 aliphatic rings. The Morgan fingerprint density at radius 1 is 1.59 bits per heavy atom. The van der Waals surface area contributed by atoms with Crippen molar-refractivity contribution >= 4 is 23.4 Å². The molecule has 4 nitrogen and oxygen atoms in total. The van der Waals surface area contributed by atoms with Crippen LogP contribution in [0.15, 0.2) is 12.1 Å². The van der Waals surface area contributed by atoms with Gasteiger partial charge >= 0.3 is 5.97 Å². The summed E-state index contributed by atoms with van der Waals surface area (Å²) in [7, 11) is 0. The van der Waals surface area contributed by atoms with Gasteiger partial charge in [0.15, 0.2) is 0 Å². The number of aromatic nitrogens is 1. The van der Waals surface area contributed by atoms with Gasteiger partial charge in [-0.25, -0.2) is 9.78 Å². The molecule has 1 saturated carbocycles. The fourth-order valence-electron chi connectivity index (χ4n) is 1.99. The zero-order chi connectivity index (χ0) is 12.4. The number of hydrogen-bond acceptors (Lipinski definition) is 3. The summed E-state index contributed by atoms with van der Waals surface area (Å²) in [4.78, 5) is 15.1. The number of anilines is 1. The van der Waals surface area contributed by atoms with Crippen molar-refractivity contribution in [3.63, 3.8) is 0 Å². The lowest BCUT2D eigenvalue weighted by molar-refractivity contribution is 0.0697. The summed E-state index contributed by atoms with van der Waals surface area (Å²) in [6.07, 6.45) is 3.64. The number of rotatable bonds is 4. The molecule has 17 heavy (non-hydrogen) atoms. The number of hydrogen-bond donors (Lipinski definition) is 2. The minimum absolute atomic E-state index is 0.167. The van der Waals surface area contributed by atoms with Crippen molar-refractivity contribution in [1.82, 2.24) is 4.98 Å². The van der Waals surface area contributed by atoms with Crippen molar-refractivity contribution in [2.24, 2.45) is 5.92 Å². The van der Waals surface area contributed by atoms with Crippen LogP contribution in [0.5, 0.6) is 0 Å². The highest BCUT2D eigenvalue weighted by Gasteiger charge is 2.25. The number of nitrogens with one attached hydrogen (secondary N) is 1. The second-order valence-electron chi connectivity index (χ2n) is 4.46. The maximum Gasteiger partial charge on any atom is 0.339 e. The lowest BCUT2D eigenvalue weighted by Crippen LogP contribution is -2.31. The Hall–Kier alpha value is -1.29. The largest absolute Gasteiger partial charge is 0.478 e. The molecule has 0 amide bonds. The van der Waals surface area contributed by atoms with Crippen LogP contribution < -0.4 is 5.32 Å². The van der Waals surface area contributed by atoms with Crippen LogP contribution in [-0.4, -0.2) is 22.1 Å². The van der Waals surface area contributed by atoms with E-state index in [9.17, 15) is 4.79 Å². The summed E-state index contributed by atoms with van der Waals surface area (Å²) < 4.78 is 0. The molecule has 2 N–H and O–H groups in total. The minimum Gasteiger partial charge on any atom is -0.478 e. The molecule has 1 aliphatic carbocycles. The van der Waals surface area contributed by atoms with Crippen molar-refractivity contribution in [2.45, 2.75) is 32.2 Å². The zero-order valence-corrected chi connectivity index (χ0v) is 10.4. The molecule has 0 aliphatic heterocycles. The highest BCUT2D eigenvalue weighted by molar-refractivity contribution is 6.29. The van der Waals surface area contributed by atoms with Crippen LogP contribution in [0.25, 0.3) is 0 Å². The summed E-state index contributed by atoms with van der Waals surface area (Å²) >= 11 is 5.79. The molecule has 5 heteroatoms. The molecule has 0 saturated heterocycles. The van der Waals surface area contributed by atoms with Crippen molar-refractivity contribution in [3.05, 3.63) is 22.8 Å². The third kappa shape index (κ3) is 2.69. The topological polar surface area (TPSA) is 62.2 Å². The number of nitrogens with zero attached hydrogens (tertiary/aromatic N) is 1. The van der Waals surface area contributed by atoms with Crippen molar-refractivity contribution in [1.29, 1.82) is 0 Å². The third-order valence-corrected chi connectivity index (χ3v) is 3.52. The van der Waals surface area contributed by atoms with Crippen molar-refractivity contribution < 1.29 is 9.90 Å². The van der Waals surface area contributed by atoms with Gasteiger partial charge in [-0.05, 0) is 37.8 Å². The van der Waals surface area contributed by atoms with E-state index in [0.717, 1.165) is 0 Å². The quantitative estimate of drug-likeness (QED) is 0.811. The molecule has 1 aromatic rings. The molecule has 1 aromatic heterocycles. The number of aromatic carboxylic acids is 1. The van der Waals surface area contributed by atoms with Gasteiger partial charge in [-0.15, -0.1) is 0 Å². The average Bonchev–Trinajstić information content (AvgIpc) is 2.13. The summed E-state index contributed by atoms with van der Waals surface area (Å²) in [6, 6.07) is 3.20. The Bertz CT molecular complexity index is 433. The minimum atomic E-state index is -0.988. The zero-order valence-electron chi connectivity index (χ0n) is 9.61. The molecular formula is C12H15ClN2O2. The van der Waals surface area contributed by atoms with E-state index in [-0.39, 0.29) is 11.6 Å². The van der Waals surface area contributed by atoms with E-state index < -0.39 is 5.97 Å². The molecule has 1 atom stereocenters. The Morgan fingerprint density at radius 3 is 2.82 bits per heavy atom. The highest BCUT2D eigenvalue weighted by Crippen LogP contribution is 2.31. The fourth-order valence-corrected chi connectivity index (χ4v) is 2.14. The van der Waals surface area contributed by atoms with Gasteiger partial charge in [-0.3, -0.25) is 0 Å². The number of halogens is 1. The monoisotopic (exact) mass is 254 g/mol. The van der Waals surface area contributed by atoms with Gasteiger partial charge in [0.25, 0.3) is 0 Å². The van der Waals surface area contributed by atoms with Gasteiger partial charge in [0.1, 0.15) is 16.5 Å². The number of carboxylic acid groups (broad SMARTS) is 1. The Kier molecular flexibility index (Phi) is 3.52. The Labute approximate surface area is 105 Å². The summed E-state index contributed by atoms with van der Waals surface area (Å²) in [5.74, 6) is -0.0145. The summed E-state index contributed by atoms with van der Waals surface area (Å²) in [5.41, 5.74) is 0.167. The van der Waals surface area contributed by atoms with Gasteiger partial charge in [0, 0.05) is 6.04 Å². The van der Waals surface area contributed by atoms with Gasteiger partial charge in [0.05, 0.1) is 0 Å². The molecule has 1 unspecified atom stereocenters. The molecule has 0 bridgehead atoms. The van der Waals surface area contributed by atoms with Gasteiger partial charge in [-0.2, -0.15) is 0 Å². The summed E-state index contributed by atoms with van der Waals surface area (Å²) in [6.45, 7) is 2.05. The smallest absolute Gasteiger partial charge is 0.339 e. The van der Waals surface area contributed by atoms with Gasteiger partial charge in [-0.1, -0.05) is 18.0 Å². The second kappa shape index (κ2) is 4.92. The van der Waals surface area contributed by atoms with E-state index >= 15 is 0 Å². The highest BCUT2D eigenvalue weighted by atomic mass is 35.5. The van der Waals surface area contributed by atoms with Crippen molar-refractivity contribution in [3.8, 4) is 0 Å². The molecule has 1 heterocycles. The lowest BCUT2D eigenvalue weighted by Gasteiger charge is -2.32. The van der Waals surface area contributed by atoms with Crippen LogP contribution in [0.4, 0.5) is 5.82 Å². The maximum absolute atomic E-state index is 11.0. The van der Waals surface area contributed by atoms with Crippen LogP contribution in [0, 0.1) is 5.92 Å². The molecular weight excluding hydrogens is 240 g/mol. The van der Waals surface area contributed by atoms with Crippen LogP contribution in [0.3, 0.4) is 0 Å². The maximum atomic E-state index is 11.0. The molecule has 92 valence electrons. The van der Waals surface area contributed by atoms with E-state index in [2.05, 4.69) is 17.2 Å². The lowest BCUT2D eigenvalue weighted by atomic mass is 9.80. The van der Waals surface area contributed by atoms with Crippen LogP contribution in [0.2, 0.25) is 5.15 Å². The predicted octanol–water partition coefficient (Wildman–Crippen LogP) is 3.03. The van der Waals surface area contributed by atoms with E-state index in [1.54, 1.807) is 0 Å². The molecule has 0 aromatic carbocycles. The third-order valence-electron chi connectivity index (χ3n) is 3.31. The van der Waals surface area contributed by atoms with E-state index in [4.69, 9.17) is 16.7 Å².